The van der Waals surface area contributed by atoms with Gasteiger partial charge in [-0.1, -0.05) is 27.2 Å². The molecule has 0 aromatic heterocycles. The molecular weight excluding hydrogens is 210 g/mol. The molecule has 5 atom stereocenters. The highest BCUT2D eigenvalue weighted by molar-refractivity contribution is 4.89. The summed E-state index contributed by atoms with van der Waals surface area (Å²) < 4.78 is 0. The Bertz CT molecular complexity index is 243. The van der Waals surface area contributed by atoms with E-state index in [1.807, 2.05) is 0 Å². The molecule has 0 amide bonds. The molecule has 2 aliphatic rings. The second kappa shape index (κ2) is 5.71. The zero-order chi connectivity index (χ0) is 12.4. The van der Waals surface area contributed by atoms with E-state index in [2.05, 4.69) is 25.7 Å². The fraction of sp³-hybridized carbons (Fsp3) is 1.00. The van der Waals surface area contributed by atoms with E-state index in [-0.39, 0.29) is 6.10 Å². The second-order valence-electron chi connectivity index (χ2n) is 6.46. The fourth-order valence-corrected chi connectivity index (χ4v) is 3.57. The molecule has 5 unspecified atom stereocenters. The van der Waals surface area contributed by atoms with Gasteiger partial charge in [0.25, 0.3) is 0 Å². The summed E-state index contributed by atoms with van der Waals surface area (Å²) in [5.41, 5.74) is 0. The number of aliphatic hydroxyl groups is 1. The summed E-state index contributed by atoms with van der Waals surface area (Å²) in [7, 11) is 0. The number of aliphatic hydroxyl groups excluding tert-OH is 1. The molecule has 1 heterocycles. The van der Waals surface area contributed by atoms with E-state index >= 15 is 0 Å². The highest BCUT2D eigenvalue weighted by Gasteiger charge is 2.35. The van der Waals surface area contributed by atoms with Crippen LogP contribution in [0, 0.1) is 17.8 Å². The van der Waals surface area contributed by atoms with Gasteiger partial charge < -0.3 is 5.11 Å². The Kier molecular flexibility index (Phi) is 4.48. The first kappa shape index (κ1) is 13.4. The Morgan fingerprint density at radius 1 is 1.12 bits per heavy atom. The lowest BCUT2D eigenvalue weighted by Gasteiger charge is -2.45. The summed E-state index contributed by atoms with van der Waals surface area (Å²) in [5.74, 6) is 2.49. The Balaban J connectivity index is 1.95. The number of hydrogen-bond acceptors (Lipinski definition) is 2. The van der Waals surface area contributed by atoms with Crippen molar-refractivity contribution in [2.45, 2.75) is 65.0 Å². The quantitative estimate of drug-likeness (QED) is 0.801. The van der Waals surface area contributed by atoms with Gasteiger partial charge in [-0.15, -0.1) is 0 Å². The average molecular weight is 239 g/mol. The van der Waals surface area contributed by atoms with E-state index in [1.54, 1.807) is 0 Å². The number of hydrogen-bond donors (Lipinski definition) is 1. The summed E-state index contributed by atoms with van der Waals surface area (Å²) in [5, 5.41) is 10.2. The van der Waals surface area contributed by atoms with Crippen LogP contribution in [0.25, 0.3) is 0 Å². The van der Waals surface area contributed by atoms with E-state index < -0.39 is 0 Å². The van der Waals surface area contributed by atoms with Crippen molar-refractivity contribution >= 4 is 0 Å². The molecule has 0 radical (unpaired) electrons. The molecule has 1 N–H and O–H groups in total. The van der Waals surface area contributed by atoms with Gasteiger partial charge in [-0.3, -0.25) is 4.90 Å². The molecule has 2 rings (SSSR count). The summed E-state index contributed by atoms with van der Waals surface area (Å²) in [6, 6.07) is 0.448. The SMILES string of the molecule is CCC1CCC(O)C(N2CCC(C)C(C)C2)C1. The lowest BCUT2D eigenvalue weighted by Crippen LogP contribution is -2.52. The van der Waals surface area contributed by atoms with Gasteiger partial charge in [0.05, 0.1) is 6.10 Å². The summed E-state index contributed by atoms with van der Waals surface area (Å²) in [4.78, 5) is 2.58. The van der Waals surface area contributed by atoms with Crippen molar-refractivity contribution in [3.05, 3.63) is 0 Å². The maximum Gasteiger partial charge on any atom is 0.0695 e. The largest absolute Gasteiger partial charge is 0.391 e. The van der Waals surface area contributed by atoms with Gasteiger partial charge in [-0.2, -0.15) is 0 Å². The summed E-state index contributed by atoms with van der Waals surface area (Å²) in [6.07, 6.45) is 5.99. The normalized spacial score (nSPS) is 44.8. The molecule has 1 saturated carbocycles. The molecule has 100 valence electrons. The van der Waals surface area contributed by atoms with E-state index in [4.69, 9.17) is 0 Å². The maximum absolute atomic E-state index is 10.2. The molecule has 0 aromatic rings. The topological polar surface area (TPSA) is 23.5 Å². The maximum atomic E-state index is 10.2. The number of likely N-dealkylation sites (tertiary alicyclic amines) is 1. The van der Waals surface area contributed by atoms with Gasteiger partial charge in [0.15, 0.2) is 0 Å². The first-order valence-electron chi connectivity index (χ1n) is 7.54. The van der Waals surface area contributed by atoms with Gasteiger partial charge in [-0.25, -0.2) is 0 Å². The summed E-state index contributed by atoms with van der Waals surface area (Å²) in [6.45, 7) is 9.42. The predicted octanol–water partition coefficient (Wildman–Crippen LogP) is 2.90. The monoisotopic (exact) mass is 239 g/mol. The minimum atomic E-state index is -0.0709. The minimum absolute atomic E-state index is 0.0709. The smallest absolute Gasteiger partial charge is 0.0695 e. The zero-order valence-electron chi connectivity index (χ0n) is 11.7. The summed E-state index contributed by atoms with van der Waals surface area (Å²) >= 11 is 0. The molecule has 0 aromatic carbocycles. The van der Waals surface area contributed by atoms with Gasteiger partial charge in [0, 0.05) is 12.6 Å². The van der Waals surface area contributed by atoms with Crippen LogP contribution in [0.2, 0.25) is 0 Å². The Morgan fingerprint density at radius 3 is 2.53 bits per heavy atom. The van der Waals surface area contributed by atoms with Gasteiger partial charge in [0.2, 0.25) is 0 Å². The van der Waals surface area contributed by atoms with Crippen LogP contribution in [0.5, 0.6) is 0 Å². The molecule has 17 heavy (non-hydrogen) atoms. The van der Waals surface area contributed by atoms with Gasteiger partial charge in [0.1, 0.15) is 0 Å². The van der Waals surface area contributed by atoms with E-state index in [0.29, 0.717) is 6.04 Å². The van der Waals surface area contributed by atoms with Crippen LogP contribution in [-0.4, -0.2) is 35.2 Å². The van der Waals surface area contributed by atoms with Crippen LogP contribution in [0.4, 0.5) is 0 Å². The molecule has 2 heteroatoms. The van der Waals surface area contributed by atoms with E-state index in [1.165, 1.54) is 38.8 Å². The molecular formula is C15H29NO. The van der Waals surface area contributed by atoms with Crippen molar-refractivity contribution < 1.29 is 5.11 Å². The molecule has 1 aliphatic carbocycles. The van der Waals surface area contributed by atoms with Crippen molar-refractivity contribution in [3.8, 4) is 0 Å². The van der Waals surface area contributed by atoms with Crippen LogP contribution >= 0.6 is 0 Å². The fourth-order valence-electron chi connectivity index (χ4n) is 3.57. The van der Waals surface area contributed by atoms with Crippen molar-refractivity contribution in [3.63, 3.8) is 0 Å². The number of piperidine rings is 1. The van der Waals surface area contributed by atoms with Crippen molar-refractivity contribution in [2.75, 3.05) is 13.1 Å². The Morgan fingerprint density at radius 2 is 1.88 bits per heavy atom. The van der Waals surface area contributed by atoms with Crippen LogP contribution in [0.1, 0.15) is 52.9 Å². The molecule has 1 saturated heterocycles. The lowest BCUT2D eigenvalue weighted by molar-refractivity contribution is -0.0215. The third kappa shape index (κ3) is 3.03. The first-order chi connectivity index (χ1) is 8.11. The third-order valence-corrected chi connectivity index (χ3v) is 5.30. The third-order valence-electron chi connectivity index (χ3n) is 5.30. The standard InChI is InChI=1S/C15H29NO/c1-4-13-5-6-15(17)14(9-13)16-8-7-11(2)12(3)10-16/h11-15,17H,4-10H2,1-3H3. The van der Waals surface area contributed by atoms with Crippen LogP contribution in [0.15, 0.2) is 0 Å². The predicted molar refractivity (Wildman–Crippen MR) is 71.9 cm³/mol. The van der Waals surface area contributed by atoms with Crippen molar-refractivity contribution in [1.29, 1.82) is 0 Å². The minimum Gasteiger partial charge on any atom is -0.391 e. The Hall–Kier alpha value is -0.0800. The van der Waals surface area contributed by atoms with Crippen LogP contribution < -0.4 is 0 Å². The molecule has 0 spiro atoms. The first-order valence-corrected chi connectivity index (χ1v) is 7.54. The highest BCUT2D eigenvalue weighted by Crippen LogP contribution is 2.33. The number of rotatable bonds is 2. The van der Waals surface area contributed by atoms with Crippen LogP contribution in [-0.2, 0) is 0 Å². The number of nitrogens with zero attached hydrogens (tertiary/aromatic N) is 1. The molecule has 0 bridgehead atoms. The van der Waals surface area contributed by atoms with Crippen molar-refractivity contribution in [2.24, 2.45) is 17.8 Å². The van der Waals surface area contributed by atoms with E-state index in [0.717, 1.165) is 24.2 Å². The van der Waals surface area contributed by atoms with Crippen molar-refractivity contribution in [1.82, 2.24) is 4.90 Å². The van der Waals surface area contributed by atoms with Gasteiger partial charge in [-0.05, 0) is 50.0 Å². The second-order valence-corrected chi connectivity index (χ2v) is 6.46. The van der Waals surface area contributed by atoms with Crippen LogP contribution in [0.3, 0.4) is 0 Å². The molecule has 2 fully saturated rings. The molecule has 1 aliphatic heterocycles. The zero-order valence-corrected chi connectivity index (χ0v) is 11.7. The van der Waals surface area contributed by atoms with Gasteiger partial charge >= 0.3 is 0 Å². The Labute approximate surface area is 106 Å². The average Bonchev–Trinajstić information content (AvgIpc) is 2.33. The molecule has 2 nitrogen and oxygen atoms in total. The van der Waals surface area contributed by atoms with E-state index in [9.17, 15) is 5.11 Å². The highest BCUT2D eigenvalue weighted by atomic mass is 16.3. The lowest BCUT2D eigenvalue weighted by atomic mass is 9.79.